The number of primary amides is 1. The molecule has 0 spiro atoms. The monoisotopic (exact) mass is 449 g/mol. The third-order valence-electron chi connectivity index (χ3n) is 6.16. The number of ether oxygens (including phenoxy) is 1. The lowest BCUT2D eigenvalue weighted by molar-refractivity contribution is -0.129. The van der Waals surface area contributed by atoms with Crippen LogP contribution in [0.1, 0.15) is 35.2 Å². The molecule has 1 aromatic rings. The lowest BCUT2D eigenvalue weighted by Gasteiger charge is -2.43. The lowest BCUT2D eigenvalue weighted by atomic mass is 9.68. The number of hydrogen-bond donors (Lipinski definition) is 6. The Morgan fingerprint density at radius 2 is 2.03 bits per heavy atom. The maximum atomic E-state index is 12.1. The maximum absolute atomic E-state index is 12.1. The molecular weight excluding hydrogens is 423 g/mol. The molecule has 1 saturated carbocycles. The highest BCUT2D eigenvalue weighted by molar-refractivity contribution is 6.62. The van der Waals surface area contributed by atoms with Crippen molar-refractivity contribution >= 4 is 24.5 Å². The predicted octanol–water partition coefficient (Wildman–Crippen LogP) is -2.06. The van der Waals surface area contributed by atoms with Crippen molar-refractivity contribution in [1.82, 2.24) is 10.2 Å². The number of carboxylic acid groups (broad SMARTS) is 1. The van der Waals surface area contributed by atoms with Gasteiger partial charge in [-0.25, -0.2) is 4.79 Å². The summed E-state index contributed by atoms with van der Waals surface area (Å²) in [5, 5.41) is 32.3. The average Bonchev–Trinajstić information content (AvgIpc) is 3.45. The largest absolute Gasteiger partial charge is 0.669 e. The first-order valence-corrected chi connectivity index (χ1v) is 10.3. The molecule has 13 heteroatoms. The highest BCUT2D eigenvalue weighted by Gasteiger charge is 2.55. The number of carboxylic acids is 1. The van der Waals surface area contributed by atoms with Gasteiger partial charge in [0.15, 0.2) is 0 Å². The van der Waals surface area contributed by atoms with Crippen LogP contribution in [-0.2, 0) is 9.59 Å². The Labute approximate surface area is 183 Å². The fourth-order valence-corrected chi connectivity index (χ4v) is 4.42. The molecule has 1 aromatic carbocycles. The van der Waals surface area contributed by atoms with Crippen molar-refractivity contribution in [1.29, 1.82) is 0 Å². The summed E-state index contributed by atoms with van der Waals surface area (Å²) in [7, 11) is 0. The Kier molecular flexibility index (Phi) is 5.32. The SMILES string of the molecule is C[C@@](N)(CN1CC(Oc2ccc3c(c2C(=O)O)O[B-](O)(O)C2CC32)C1)C(=O)NCC(N)=O. The van der Waals surface area contributed by atoms with Crippen molar-refractivity contribution in [3.63, 3.8) is 0 Å². The molecule has 32 heavy (non-hydrogen) atoms. The Balaban J connectivity index is 1.40. The molecule has 0 bridgehead atoms. The van der Waals surface area contributed by atoms with Crippen LogP contribution in [-0.4, -0.2) is 82.4 Å². The number of benzene rings is 1. The van der Waals surface area contributed by atoms with Gasteiger partial charge in [-0.15, -0.1) is 0 Å². The number of aromatic carboxylic acids is 1. The minimum absolute atomic E-state index is 0.0596. The van der Waals surface area contributed by atoms with Crippen molar-refractivity contribution < 1.29 is 38.9 Å². The van der Waals surface area contributed by atoms with Crippen LogP contribution in [0, 0.1) is 0 Å². The number of hydrogen-bond acceptors (Lipinski definition) is 9. The number of rotatable bonds is 8. The fourth-order valence-electron chi connectivity index (χ4n) is 4.42. The van der Waals surface area contributed by atoms with E-state index in [2.05, 4.69) is 5.32 Å². The van der Waals surface area contributed by atoms with Gasteiger partial charge >= 0.3 is 12.7 Å². The zero-order chi connectivity index (χ0) is 23.4. The minimum Gasteiger partial charge on any atom is -0.669 e. The molecule has 0 aromatic heterocycles. The maximum Gasteiger partial charge on any atom is 0.434 e. The quantitative estimate of drug-likeness (QED) is 0.240. The van der Waals surface area contributed by atoms with Gasteiger partial charge < -0.3 is 41.3 Å². The van der Waals surface area contributed by atoms with Gasteiger partial charge in [0.25, 0.3) is 0 Å². The highest BCUT2D eigenvalue weighted by Crippen LogP contribution is 2.63. The number of nitrogens with two attached hydrogens (primary N) is 2. The molecule has 8 N–H and O–H groups in total. The van der Waals surface area contributed by atoms with Crippen LogP contribution in [0.2, 0.25) is 5.82 Å². The Morgan fingerprint density at radius 1 is 1.34 bits per heavy atom. The number of carbonyl (C=O) groups excluding carboxylic acids is 2. The summed E-state index contributed by atoms with van der Waals surface area (Å²) in [5.74, 6) is -3.02. The van der Waals surface area contributed by atoms with Gasteiger partial charge in [-0.1, -0.05) is 18.3 Å². The van der Waals surface area contributed by atoms with Crippen LogP contribution in [0.3, 0.4) is 0 Å². The summed E-state index contributed by atoms with van der Waals surface area (Å²) in [4.78, 5) is 36.7. The highest BCUT2D eigenvalue weighted by atomic mass is 16.6. The van der Waals surface area contributed by atoms with Crippen LogP contribution in [0.4, 0.5) is 0 Å². The van der Waals surface area contributed by atoms with E-state index in [1.807, 2.05) is 4.90 Å². The van der Waals surface area contributed by atoms with Crippen LogP contribution in [0.5, 0.6) is 11.5 Å². The molecule has 2 fully saturated rings. The van der Waals surface area contributed by atoms with Gasteiger partial charge in [0.2, 0.25) is 11.8 Å². The number of nitrogens with one attached hydrogen (secondary N) is 1. The van der Waals surface area contributed by atoms with Gasteiger partial charge in [-0.3, -0.25) is 14.5 Å². The van der Waals surface area contributed by atoms with E-state index >= 15 is 0 Å². The van der Waals surface area contributed by atoms with Crippen molar-refractivity contribution in [3.05, 3.63) is 23.3 Å². The molecule has 3 aliphatic rings. The first-order valence-electron chi connectivity index (χ1n) is 10.3. The number of amides is 2. The Bertz CT molecular complexity index is 978. The van der Waals surface area contributed by atoms with Crippen LogP contribution < -0.4 is 26.2 Å². The second kappa shape index (κ2) is 7.62. The van der Waals surface area contributed by atoms with E-state index in [0.717, 1.165) is 0 Å². The van der Waals surface area contributed by atoms with Crippen molar-refractivity contribution in [2.75, 3.05) is 26.2 Å². The van der Waals surface area contributed by atoms with Gasteiger partial charge in [0.1, 0.15) is 23.0 Å². The van der Waals surface area contributed by atoms with E-state index in [0.29, 0.717) is 25.1 Å². The molecule has 1 saturated heterocycles. The third kappa shape index (κ3) is 4.11. The summed E-state index contributed by atoms with van der Waals surface area (Å²) < 4.78 is 11.1. The smallest absolute Gasteiger partial charge is 0.434 e. The molecule has 0 radical (unpaired) electrons. The number of nitrogens with zero attached hydrogens (tertiary/aromatic N) is 1. The zero-order valence-corrected chi connectivity index (χ0v) is 17.5. The first kappa shape index (κ1) is 22.3. The zero-order valence-electron chi connectivity index (χ0n) is 17.5. The Morgan fingerprint density at radius 3 is 2.66 bits per heavy atom. The first-order chi connectivity index (χ1) is 14.9. The van der Waals surface area contributed by atoms with Gasteiger partial charge in [0, 0.05) is 19.6 Å². The summed E-state index contributed by atoms with van der Waals surface area (Å²) in [6.45, 7) is -0.903. The summed E-state index contributed by atoms with van der Waals surface area (Å²) >= 11 is 0. The molecule has 2 amide bonds. The number of likely N-dealkylation sites (tertiary alicyclic amines) is 1. The van der Waals surface area contributed by atoms with Crippen molar-refractivity contribution in [2.24, 2.45) is 11.5 Å². The van der Waals surface area contributed by atoms with Crippen LogP contribution >= 0.6 is 0 Å². The molecule has 3 atom stereocenters. The minimum atomic E-state index is -3.11. The van der Waals surface area contributed by atoms with E-state index in [1.165, 1.54) is 6.92 Å². The number of carbonyl (C=O) groups is 3. The second-order valence-corrected chi connectivity index (χ2v) is 9.05. The molecule has 2 unspecified atom stereocenters. The second-order valence-electron chi connectivity index (χ2n) is 9.05. The average molecular weight is 449 g/mol. The van der Waals surface area contributed by atoms with E-state index in [-0.39, 0.29) is 42.2 Å². The van der Waals surface area contributed by atoms with Gasteiger partial charge in [-0.2, -0.15) is 0 Å². The van der Waals surface area contributed by atoms with E-state index < -0.39 is 35.9 Å². The van der Waals surface area contributed by atoms with Crippen molar-refractivity contribution in [2.45, 2.75) is 36.7 Å². The molecule has 174 valence electrons. The molecule has 12 nitrogen and oxygen atoms in total. The predicted molar refractivity (Wildman–Crippen MR) is 111 cm³/mol. The fraction of sp³-hybridized carbons (Fsp3) is 0.526. The van der Waals surface area contributed by atoms with Crippen LogP contribution in [0.15, 0.2) is 12.1 Å². The Hall–Kier alpha value is -2.87. The molecule has 4 rings (SSSR count). The summed E-state index contributed by atoms with van der Waals surface area (Å²) in [5.41, 5.74) is 10.2. The van der Waals surface area contributed by atoms with E-state index in [9.17, 15) is 29.5 Å². The molecular formula is C19H26BN4O8-. The van der Waals surface area contributed by atoms with Gasteiger partial charge in [0.05, 0.1) is 12.3 Å². The van der Waals surface area contributed by atoms with Crippen molar-refractivity contribution in [3.8, 4) is 11.5 Å². The molecule has 2 heterocycles. The third-order valence-corrected chi connectivity index (χ3v) is 6.16. The normalized spacial score (nSPS) is 25.2. The molecule has 1 aliphatic carbocycles. The topological polar surface area (TPSA) is 198 Å². The van der Waals surface area contributed by atoms with E-state index in [1.54, 1.807) is 12.1 Å². The molecule has 2 aliphatic heterocycles. The standard InChI is InChI=1S/C19H26BN4O8/c1-19(22,18(28)23-5-14(21)25)8-24-6-9(7-24)31-13-3-2-10-11-4-12(11)20(29,30)32-16(10)15(13)17(26)27/h2-3,9,11-12,29-30H,4-8,22H2,1H3,(H2,21,25)(H,23,28)(H,26,27)/q-1/t11?,12?,19-/m1/s1. The van der Waals surface area contributed by atoms with E-state index in [4.69, 9.17) is 20.9 Å². The van der Waals surface area contributed by atoms with Crippen LogP contribution in [0.25, 0.3) is 0 Å². The summed E-state index contributed by atoms with van der Waals surface area (Å²) in [6, 6.07) is 3.26. The number of fused-ring (bicyclic) bond motifs is 3. The lowest BCUT2D eigenvalue weighted by Crippen LogP contribution is -2.64. The van der Waals surface area contributed by atoms with Gasteiger partial charge in [-0.05, 0) is 24.5 Å². The summed E-state index contributed by atoms with van der Waals surface area (Å²) in [6.07, 6.45) is 0.174.